The summed E-state index contributed by atoms with van der Waals surface area (Å²) in [7, 11) is 0. The van der Waals surface area contributed by atoms with Crippen molar-refractivity contribution in [2.75, 3.05) is 6.61 Å². The fourth-order valence-electron chi connectivity index (χ4n) is 8.17. The van der Waals surface area contributed by atoms with Crippen LogP contribution in [-0.2, 0) is 24.0 Å². The van der Waals surface area contributed by atoms with Gasteiger partial charge >= 0.3 is 11.9 Å². The van der Waals surface area contributed by atoms with Gasteiger partial charge in [0, 0.05) is 11.8 Å². The molecule has 210 valence electrons. The van der Waals surface area contributed by atoms with Crippen LogP contribution in [-0.4, -0.2) is 62.9 Å². The number of hydrogen-bond donors (Lipinski definition) is 4. The van der Waals surface area contributed by atoms with Crippen molar-refractivity contribution in [1.82, 2.24) is 5.32 Å². The third-order valence-corrected chi connectivity index (χ3v) is 10.4. The summed E-state index contributed by atoms with van der Waals surface area (Å²) in [5, 5.41) is 35.7. The van der Waals surface area contributed by atoms with E-state index in [4.69, 9.17) is 9.94 Å². The Hall–Kier alpha value is -2.75. The summed E-state index contributed by atoms with van der Waals surface area (Å²) in [5.74, 6) is -1.90. The van der Waals surface area contributed by atoms with Crippen LogP contribution in [0.25, 0.3) is 0 Å². The van der Waals surface area contributed by atoms with E-state index < -0.39 is 36.1 Å². The summed E-state index contributed by atoms with van der Waals surface area (Å²) in [6.45, 7) is 5.53. The highest BCUT2D eigenvalue weighted by molar-refractivity contribution is 5.96. The molecule has 10 heteroatoms. The van der Waals surface area contributed by atoms with Crippen molar-refractivity contribution in [3.8, 4) is 0 Å². The Kier molecular flexibility index (Phi) is 7.76. The van der Waals surface area contributed by atoms with Crippen molar-refractivity contribution in [2.24, 2.45) is 33.7 Å². The molecule has 0 unspecified atom stereocenters. The van der Waals surface area contributed by atoms with Crippen molar-refractivity contribution in [2.45, 2.75) is 96.6 Å². The van der Waals surface area contributed by atoms with Gasteiger partial charge in [0.2, 0.25) is 0 Å². The number of fused-ring (bicyclic) bond motifs is 5. The molecule has 4 rings (SSSR count). The Morgan fingerprint density at radius 2 is 1.79 bits per heavy atom. The molecule has 0 aromatic rings. The van der Waals surface area contributed by atoms with Crippen molar-refractivity contribution in [3.05, 3.63) is 11.6 Å². The molecule has 3 saturated carbocycles. The number of aliphatic hydroxyl groups is 1. The topological polar surface area (TPSA) is 163 Å². The van der Waals surface area contributed by atoms with Crippen LogP contribution in [0.4, 0.5) is 0 Å². The van der Waals surface area contributed by atoms with E-state index in [2.05, 4.69) is 30.4 Å². The molecule has 0 saturated heterocycles. The standard InChI is InChI=1S/C28H40N2O8/c1-16(31)28(37)13-10-21-19-5-4-17-14-18(8-11-26(17,2)20(19)9-12-27(21,28)3)30-38-15-23(32)29-22(25(35)36)6-7-24(33)34/h14,19-22,37H,4-13,15H2,1-3H3,(H,29,32)(H,33,34)(H,35,36)/b30-18-/t19-,20+,21+,22+,26+,27+,28-/m1/s1. The Labute approximate surface area is 222 Å². The normalized spacial score (nSPS) is 37.7. The Bertz CT molecular complexity index is 1070. The fourth-order valence-corrected chi connectivity index (χ4v) is 8.17. The number of allylic oxidation sites excluding steroid dienone is 2. The maximum Gasteiger partial charge on any atom is 0.326 e. The minimum absolute atomic E-state index is 0.0242. The van der Waals surface area contributed by atoms with Crippen LogP contribution in [0.1, 0.15) is 85.0 Å². The Morgan fingerprint density at radius 1 is 1.08 bits per heavy atom. The number of carbonyl (C=O) groups is 4. The molecule has 3 fully saturated rings. The second-order valence-corrected chi connectivity index (χ2v) is 12.2. The molecular formula is C28H40N2O8. The van der Waals surface area contributed by atoms with Gasteiger partial charge in [-0.2, -0.15) is 0 Å². The number of hydrogen-bond acceptors (Lipinski definition) is 7. The summed E-state index contributed by atoms with van der Waals surface area (Å²) in [6, 6.07) is -1.30. The first-order valence-electron chi connectivity index (χ1n) is 13.7. The van der Waals surface area contributed by atoms with Gasteiger partial charge in [0.05, 0.1) is 5.71 Å². The lowest BCUT2D eigenvalue weighted by Crippen LogP contribution is -2.57. The number of nitrogens with zero attached hydrogens (tertiary/aromatic N) is 1. The minimum Gasteiger partial charge on any atom is -0.481 e. The molecule has 38 heavy (non-hydrogen) atoms. The Morgan fingerprint density at radius 3 is 2.45 bits per heavy atom. The number of nitrogens with one attached hydrogen (secondary N) is 1. The number of rotatable bonds is 9. The summed E-state index contributed by atoms with van der Waals surface area (Å²) in [6.07, 6.45) is 8.32. The summed E-state index contributed by atoms with van der Waals surface area (Å²) < 4.78 is 0. The number of carboxylic acid groups (broad SMARTS) is 2. The molecule has 0 radical (unpaired) electrons. The number of carboxylic acids is 2. The van der Waals surface area contributed by atoms with Crippen molar-refractivity contribution >= 4 is 29.3 Å². The number of amides is 1. The molecule has 4 aliphatic rings. The Balaban J connectivity index is 1.38. The average Bonchev–Trinajstić information content (AvgIpc) is 3.13. The number of aliphatic carboxylic acids is 2. The highest BCUT2D eigenvalue weighted by Crippen LogP contribution is 2.67. The van der Waals surface area contributed by atoms with Crippen molar-refractivity contribution in [3.63, 3.8) is 0 Å². The van der Waals surface area contributed by atoms with Gasteiger partial charge in [-0.25, -0.2) is 4.79 Å². The van der Waals surface area contributed by atoms with Crippen LogP contribution >= 0.6 is 0 Å². The second kappa shape index (κ2) is 10.4. The monoisotopic (exact) mass is 532 g/mol. The zero-order valence-electron chi connectivity index (χ0n) is 22.5. The van der Waals surface area contributed by atoms with Gasteiger partial charge in [-0.1, -0.05) is 24.6 Å². The highest BCUT2D eigenvalue weighted by atomic mass is 16.6. The predicted molar refractivity (Wildman–Crippen MR) is 137 cm³/mol. The van der Waals surface area contributed by atoms with E-state index in [1.165, 1.54) is 12.5 Å². The molecule has 10 nitrogen and oxygen atoms in total. The van der Waals surface area contributed by atoms with Crippen molar-refractivity contribution in [1.29, 1.82) is 0 Å². The van der Waals surface area contributed by atoms with Crippen LogP contribution in [0.5, 0.6) is 0 Å². The van der Waals surface area contributed by atoms with Gasteiger partial charge in [0.1, 0.15) is 11.6 Å². The molecule has 4 N–H and O–H groups in total. The first-order chi connectivity index (χ1) is 17.8. The third kappa shape index (κ3) is 4.87. The maximum atomic E-state index is 12.4. The summed E-state index contributed by atoms with van der Waals surface area (Å²) >= 11 is 0. The van der Waals surface area contributed by atoms with E-state index in [0.717, 1.165) is 44.2 Å². The lowest BCUT2D eigenvalue weighted by Gasteiger charge is -2.59. The quantitative estimate of drug-likeness (QED) is 0.329. The van der Waals surface area contributed by atoms with E-state index in [0.29, 0.717) is 30.6 Å². The van der Waals surface area contributed by atoms with Gasteiger partial charge in [-0.05, 0) is 94.0 Å². The predicted octanol–water partition coefficient (Wildman–Crippen LogP) is 3.08. The van der Waals surface area contributed by atoms with E-state index in [1.807, 2.05) is 0 Å². The maximum absolute atomic E-state index is 12.4. The number of carbonyl (C=O) groups excluding carboxylic acids is 2. The zero-order chi connectivity index (χ0) is 27.9. The zero-order valence-corrected chi connectivity index (χ0v) is 22.5. The van der Waals surface area contributed by atoms with Crippen LogP contribution in [0.15, 0.2) is 16.8 Å². The van der Waals surface area contributed by atoms with Gasteiger partial charge in [-0.3, -0.25) is 14.4 Å². The molecular weight excluding hydrogens is 492 g/mol. The number of ketones is 1. The van der Waals surface area contributed by atoms with Crippen LogP contribution in [0.2, 0.25) is 0 Å². The van der Waals surface area contributed by atoms with Gasteiger partial charge in [0.15, 0.2) is 12.4 Å². The van der Waals surface area contributed by atoms with Crippen LogP contribution in [0, 0.1) is 28.6 Å². The molecule has 1 amide bonds. The molecule has 0 spiro atoms. The number of Topliss-reactive ketones (excluding diaryl/α,β-unsaturated/α-hetero) is 1. The summed E-state index contributed by atoms with van der Waals surface area (Å²) in [4.78, 5) is 51.7. The van der Waals surface area contributed by atoms with E-state index in [1.54, 1.807) is 0 Å². The molecule has 7 atom stereocenters. The van der Waals surface area contributed by atoms with Crippen LogP contribution in [0.3, 0.4) is 0 Å². The smallest absolute Gasteiger partial charge is 0.326 e. The first kappa shape index (κ1) is 28.3. The highest BCUT2D eigenvalue weighted by Gasteiger charge is 2.65. The van der Waals surface area contributed by atoms with Crippen LogP contribution < -0.4 is 5.32 Å². The van der Waals surface area contributed by atoms with Gasteiger partial charge in [0.25, 0.3) is 5.91 Å². The largest absolute Gasteiger partial charge is 0.481 e. The summed E-state index contributed by atoms with van der Waals surface area (Å²) in [5.41, 5.74) is 0.532. The number of oxime groups is 1. The SMILES string of the molecule is CC(=O)[C@]1(O)CC[C@H]2[C@@H]3CCC4=C/C(=N\OCC(=O)N[C@@H](CCC(=O)O)C(=O)O)CC[C@]4(C)[C@H]3CC[C@@]21C. The lowest BCUT2D eigenvalue weighted by molar-refractivity contribution is -0.159. The van der Waals surface area contributed by atoms with Crippen molar-refractivity contribution < 1.29 is 39.3 Å². The van der Waals surface area contributed by atoms with E-state index in [9.17, 15) is 29.4 Å². The minimum atomic E-state index is -1.30. The molecule has 0 aromatic heterocycles. The lowest BCUT2D eigenvalue weighted by atomic mass is 9.46. The fraction of sp³-hybridized carbons (Fsp3) is 0.750. The van der Waals surface area contributed by atoms with E-state index >= 15 is 0 Å². The third-order valence-electron chi connectivity index (χ3n) is 10.4. The molecule has 0 bridgehead atoms. The molecule has 0 aromatic carbocycles. The van der Waals surface area contributed by atoms with Gasteiger partial charge in [-0.15, -0.1) is 0 Å². The molecule has 0 aliphatic heterocycles. The van der Waals surface area contributed by atoms with E-state index in [-0.39, 0.29) is 29.5 Å². The molecule has 0 heterocycles. The average molecular weight is 533 g/mol. The van der Waals surface area contributed by atoms with Gasteiger partial charge < -0.3 is 25.5 Å². The molecule has 4 aliphatic carbocycles. The first-order valence-corrected chi connectivity index (χ1v) is 13.7. The second-order valence-electron chi connectivity index (χ2n) is 12.2.